The third kappa shape index (κ3) is 1.58. The van der Waals surface area contributed by atoms with Crippen LogP contribution in [0.5, 0.6) is 0 Å². The van der Waals surface area contributed by atoms with Gasteiger partial charge in [-0.15, -0.1) is 0 Å². The zero-order valence-corrected chi connectivity index (χ0v) is 13.1. The van der Waals surface area contributed by atoms with E-state index in [0.29, 0.717) is 24.0 Å². The van der Waals surface area contributed by atoms with Gasteiger partial charge in [-0.05, 0) is 59.7 Å². The van der Waals surface area contributed by atoms with E-state index in [1.807, 2.05) is 12.1 Å². The van der Waals surface area contributed by atoms with Gasteiger partial charge in [-0.3, -0.25) is 4.79 Å². The Kier molecular flexibility index (Phi) is 2.48. The van der Waals surface area contributed by atoms with Crippen molar-refractivity contribution in [1.82, 2.24) is 0 Å². The molecule has 1 fully saturated rings. The molecular weight excluding hydrogens is 292 g/mol. The van der Waals surface area contributed by atoms with Crippen molar-refractivity contribution in [2.24, 2.45) is 17.3 Å². The molecule has 0 radical (unpaired) electrons. The molecule has 0 amide bonds. The number of hydrogen-bond donors (Lipinski definition) is 0. The minimum atomic E-state index is -0.112. The second-order valence-corrected chi connectivity index (χ2v) is 7.61. The average Bonchev–Trinajstić information content (AvgIpc) is 3.09. The number of rotatable bonds is 0. The van der Waals surface area contributed by atoms with E-state index in [1.165, 1.54) is 22.9 Å². The number of carbonyl (C=O) groups excluding carboxylic acids is 1. The van der Waals surface area contributed by atoms with Gasteiger partial charge in [0.15, 0.2) is 0 Å². The van der Waals surface area contributed by atoms with Crippen molar-refractivity contribution in [2.45, 2.75) is 25.7 Å². The van der Waals surface area contributed by atoms with Gasteiger partial charge >= 0.3 is 0 Å². The molecule has 22 heavy (non-hydrogen) atoms. The molecule has 0 heterocycles. The van der Waals surface area contributed by atoms with E-state index in [4.69, 9.17) is 11.6 Å². The lowest BCUT2D eigenvalue weighted by Gasteiger charge is -2.38. The van der Waals surface area contributed by atoms with Crippen LogP contribution in [-0.4, -0.2) is 5.78 Å². The zero-order chi connectivity index (χ0) is 14.9. The molecule has 1 nitrogen and oxygen atoms in total. The van der Waals surface area contributed by atoms with Gasteiger partial charge in [0.25, 0.3) is 0 Å². The lowest BCUT2D eigenvalue weighted by molar-refractivity contribution is -0.130. The first-order valence-corrected chi connectivity index (χ1v) is 8.45. The van der Waals surface area contributed by atoms with E-state index in [2.05, 4.69) is 30.4 Å². The Morgan fingerprint density at radius 1 is 1.14 bits per heavy atom. The Morgan fingerprint density at radius 2 is 2.05 bits per heavy atom. The highest BCUT2D eigenvalue weighted by Crippen LogP contribution is 2.56. The van der Waals surface area contributed by atoms with Crippen molar-refractivity contribution in [2.75, 3.05) is 0 Å². The van der Waals surface area contributed by atoms with Crippen LogP contribution in [0.3, 0.4) is 0 Å². The van der Waals surface area contributed by atoms with Crippen molar-refractivity contribution in [3.8, 4) is 0 Å². The van der Waals surface area contributed by atoms with Crippen LogP contribution in [-0.2, 0) is 17.6 Å². The molecule has 0 N–H and O–H groups in total. The van der Waals surface area contributed by atoms with E-state index < -0.39 is 0 Å². The van der Waals surface area contributed by atoms with Crippen molar-refractivity contribution >= 4 is 28.2 Å². The Hall–Kier alpha value is -1.60. The van der Waals surface area contributed by atoms with Crippen LogP contribution in [0.4, 0.5) is 0 Å². The maximum atomic E-state index is 12.9. The second kappa shape index (κ2) is 4.23. The number of allylic oxidation sites excluding steroid dienone is 2. The van der Waals surface area contributed by atoms with Crippen LogP contribution in [0.15, 0.2) is 42.5 Å². The molecule has 3 aliphatic rings. The maximum absolute atomic E-state index is 12.9. The summed E-state index contributed by atoms with van der Waals surface area (Å²) in [6.45, 7) is 0. The first kappa shape index (κ1) is 12.9. The van der Waals surface area contributed by atoms with E-state index in [9.17, 15) is 4.79 Å². The van der Waals surface area contributed by atoms with Gasteiger partial charge in [-0.25, -0.2) is 0 Å². The summed E-state index contributed by atoms with van der Waals surface area (Å²) in [5.41, 5.74) is 2.43. The number of ketones is 1. The second-order valence-electron chi connectivity index (χ2n) is 7.21. The Labute approximate surface area is 135 Å². The first-order chi connectivity index (χ1) is 10.7. The van der Waals surface area contributed by atoms with Gasteiger partial charge < -0.3 is 0 Å². The Balaban J connectivity index is 1.67. The predicted octanol–water partition coefficient (Wildman–Crippen LogP) is 4.74. The number of halogens is 1. The fraction of sp³-hybridized carbons (Fsp3) is 0.350. The minimum Gasteiger partial charge on any atom is -0.299 e. The summed E-state index contributed by atoms with van der Waals surface area (Å²) in [6, 6.07) is 10.4. The number of hydrogen-bond acceptors (Lipinski definition) is 1. The predicted molar refractivity (Wildman–Crippen MR) is 89.2 cm³/mol. The van der Waals surface area contributed by atoms with Crippen LogP contribution < -0.4 is 0 Å². The molecule has 2 bridgehead atoms. The molecule has 3 aliphatic carbocycles. The molecule has 2 heteroatoms. The molecule has 1 spiro atoms. The van der Waals surface area contributed by atoms with Gasteiger partial charge in [-0.1, -0.05) is 42.0 Å². The normalized spacial score (nSPS) is 32.1. The van der Waals surface area contributed by atoms with Crippen LogP contribution >= 0.6 is 11.6 Å². The summed E-state index contributed by atoms with van der Waals surface area (Å²) in [5.74, 6) is 1.54. The topological polar surface area (TPSA) is 17.1 Å². The van der Waals surface area contributed by atoms with Gasteiger partial charge in [0, 0.05) is 22.2 Å². The summed E-state index contributed by atoms with van der Waals surface area (Å²) in [5, 5.41) is 3.03. The summed E-state index contributed by atoms with van der Waals surface area (Å²) in [7, 11) is 0. The molecule has 0 aliphatic heterocycles. The molecule has 110 valence electrons. The quantitative estimate of drug-likeness (QED) is 0.642. The van der Waals surface area contributed by atoms with E-state index in [-0.39, 0.29) is 5.41 Å². The van der Waals surface area contributed by atoms with Gasteiger partial charge in [-0.2, -0.15) is 0 Å². The van der Waals surface area contributed by atoms with Crippen molar-refractivity contribution in [3.63, 3.8) is 0 Å². The SMILES string of the molecule is O=C1Cc2cc3c(Cl)cccc3cc2CC12CC1C=CC2C1. The van der Waals surface area contributed by atoms with Crippen LogP contribution in [0, 0.1) is 17.3 Å². The number of Topliss-reactive ketones (excluding diaryl/α,β-unsaturated/α-hetero) is 1. The molecule has 0 aromatic heterocycles. The number of fused-ring (bicyclic) bond motifs is 5. The fourth-order valence-electron chi connectivity index (χ4n) is 4.97. The van der Waals surface area contributed by atoms with Crippen molar-refractivity contribution in [3.05, 3.63) is 58.6 Å². The summed E-state index contributed by atoms with van der Waals surface area (Å²) in [6.07, 6.45) is 8.34. The van der Waals surface area contributed by atoms with Crippen molar-refractivity contribution in [1.29, 1.82) is 0 Å². The minimum absolute atomic E-state index is 0.112. The molecule has 2 aromatic rings. The standard InChI is InChI=1S/C20H17ClO/c21-18-3-1-2-13-7-15-11-20(10-12-4-5-16(20)6-12)19(22)9-14(15)8-17(13)18/h1-5,7-8,12,16H,6,9-11H2. The summed E-state index contributed by atoms with van der Waals surface area (Å²) in [4.78, 5) is 12.9. The molecule has 0 saturated heterocycles. The summed E-state index contributed by atoms with van der Waals surface area (Å²) >= 11 is 6.31. The lowest BCUT2D eigenvalue weighted by Crippen LogP contribution is -2.41. The molecule has 1 saturated carbocycles. The number of carbonyl (C=O) groups is 1. The third-order valence-electron chi connectivity index (χ3n) is 6.07. The van der Waals surface area contributed by atoms with Gasteiger partial charge in [0.2, 0.25) is 0 Å². The monoisotopic (exact) mass is 308 g/mol. The van der Waals surface area contributed by atoms with Gasteiger partial charge in [0.1, 0.15) is 5.78 Å². The lowest BCUT2D eigenvalue weighted by atomic mass is 9.63. The molecular formula is C20H17ClO. The van der Waals surface area contributed by atoms with E-state index >= 15 is 0 Å². The molecule has 3 atom stereocenters. The maximum Gasteiger partial charge on any atom is 0.144 e. The van der Waals surface area contributed by atoms with Gasteiger partial charge in [0.05, 0.1) is 0 Å². The third-order valence-corrected chi connectivity index (χ3v) is 6.40. The van der Waals surface area contributed by atoms with Crippen LogP contribution in [0.25, 0.3) is 10.8 Å². The fourth-order valence-corrected chi connectivity index (χ4v) is 5.21. The number of benzene rings is 2. The Bertz CT molecular complexity index is 850. The largest absolute Gasteiger partial charge is 0.299 e. The van der Waals surface area contributed by atoms with Crippen LogP contribution in [0.2, 0.25) is 5.02 Å². The van der Waals surface area contributed by atoms with E-state index in [1.54, 1.807) is 0 Å². The smallest absolute Gasteiger partial charge is 0.144 e. The summed E-state index contributed by atoms with van der Waals surface area (Å²) < 4.78 is 0. The molecule has 5 rings (SSSR count). The van der Waals surface area contributed by atoms with Crippen molar-refractivity contribution < 1.29 is 4.79 Å². The average molecular weight is 309 g/mol. The molecule has 2 aromatic carbocycles. The molecule has 3 unspecified atom stereocenters. The highest BCUT2D eigenvalue weighted by atomic mass is 35.5. The first-order valence-electron chi connectivity index (χ1n) is 8.07. The highest BCUT2D eigenvalue weighted by Gasteiger charge is 2.54. The van der Waals surface area contributed by atoms with E-state index in [0.717, 1.165) is 23.3 Å². The van der Waals surface area contributed by atoms with Crippen LogP contribution in [0.1, 0.15) is 24.0 Å². The highest BCUT2D eigenvalue weighted by molar-refractivity contribution is 6.35. The zero-order valence-electron chi connectivity index (χ0n) is 12.3. The Morgan fingerprint density at radius 3 is 2.82 bits per heavy atom.